The van der Waals surface area contributed by atoms with E-state index in [1.807, 2.05) is 0 Å². The van der Waals surface area contributed by atoms with E-state index in [4.69, 9.17) is 5.73 Å². The van der Waals surface area contributed by atoms with Gasteiger partial charge in [0.2, 0.25) is 0 Å². The van der Waals surface area contributed by atoms with E-state index in [9.17, 15) is 18.7 Å². The zero-order chi connectivity index (χ0) is 12.8. The molecule has 0 spiro atoms. The zero-order valence-corrected chi connectivity index (χ0v) is 9.34. The maximum absolute atomic E-state index is 13.8. The summed E-state index contributed by atoms with van der Waals surface area (Å²) in [5.74, 6) is -2.84. The summed E-state index contributed by atoms with van der Waals surface area (Å²) in [7, 11) is 0. The summed E-state index contributed by atoms with van der Waals surface area (Å²) >= 11 is 0. The average Bonchev–Trinajstić information content (AvgIpc) is 2.12. The van der Waals surface area contributed by atoms with Crippen LogP contribution in [0.15, 0.2) is 12.1 Å². The molecule has 1 aromatic rings. The first-order valence-corrected chi connectivity index (χ1v) is 5.32. The lowest BCUT2D eigenvalue weighted by Gasteiger charge is -2.43. The fourth-order valence-corrected chi connectivity index (χ4v) is 2.48. The number of rotatable bonds is 2. The van der Waals surface area contributed by atoms with Crippen LogP contribution >= 0.6 is 0 Å². The summed E-state index contributed by atoms with van der Waals surface area (Å²) in [5, 5.41) is 9.18. The Morgan fingerprint density at radius 3 is 2.24 bits per heavy atom. The third-order valence-electron chi connectivity index (χ3n) is 3.30. The first-order valence-electron chi connectivity index (χ1n) is 5.32. The van der Waals surface area contributed by atoms with Crippen LogP contribution in [0.2, 0.25) is 0 Å². The third-order valence-corrected chi connectivity index (χ3v) is 3.30. The van der Waals surface area contributed by atoms with Gasteiger partial charge in [-0.15, -0.1) is 0 Å². The van der Waals surface area contributed by atoms with E-state index in [1.54, 1.807) is 6.92 Å². The molecule has 1 saturated carbocycles. The predicted molar refractivity (Wildman–Crippen MR) is 57.6 cm³/mol. The maximum Gasteiger partial charge on any atom is 0.314 e. The Bertz CT molecular complexity index is 458. The highest BCUT2D eigenvalue weighted by molar-refractivity contribution is 5.83. The lowest BCUT2D eigenvalue weighted by atomic mass is 9.61. The fraction of sp³-hybridized carbons (Fsp3) is 0.417. The minimum Gasteiger partial charge on any atom is -0.481 e. The number of carboxylic acid groups (broad SMARTS) is 1. The van der Waals surface area contributed by atoms with Crippen LogP contribution in [0.1, 0.15) is 24.0 Å². The van der Waals surface area contributed by atoms with Crippen molar-refractivity contribution < 1.29 is 18.7 Å². The SMILES string of the molecule is Cc1cc(F)c(C2(C(=O)O)CC(N)C2)c(F)c1. The molecule has 0 bridgehead atoms. The number of benzene rings is 1. The van der Waals surface area contributed by atoms with Gasteiger partial charge in [-0.25, -0.2) is 8.78 Å². The molecule has 17 heavy (non-hydrogen) atoms. The molecule has 0 saturated heterocycles. The van der Waals surface area contributed by atoms with Gasteiger partial charge in [-0.2, -0.15) is 0 Å². The third kappa shape index (κ3) is 1.70. The first kappa shape index (κ1) is 12.0. The largest absolute Gasteiger partial charge is 0.481 e. The molecule has 1 aliphatic rings. The van der Waals surface area contributed by atoms with Gasteiger partial charge in [0, 0.05) is 11.6 Å². The molecule has 2 rings (SSSR count). The van der Waals surface area contributed by atoms with Crippen molar-refractivity contribution in [3.63, 3.8) is 0 Å². The van der Waals surface area contributed by atoms with Gasteiger partial charge in [0.25, 0.3) is 0 Å². The molecule has 5 heteroatoms. The van der Waals surface area contributed by atoms with Crippen molar-refractivity contribution in [2.75, 3.05) is 0 Å². The monoisotopic (exact) mass is 241 g/mol. The second-order valence-corrected chi connectivity index (χ2v) is 4.66. The van der Waals surface area contributed by atoms with Gasteiger partial charge < -0.3 is 10.8 Å². The highest BCUT2D eigenvalue weighted by Gasteiger charge is 2.53. The van der Waals surface area contributed by atoms with Crippen molar-refractivity contribution in [3.8, 4) is 0 Å². The number of carboxylic acids is 1. The highest BCUT2D eigenvalue weighted by atomic mass is 19.1. The summed E-state index contributed by atoms with van der Waals surface area (Å²) in [4.78, 5) is 11.3. The van der Waals surface area contributed by atoms with Crippen LogP contribution in [-0.4, -0.2) is 17.1 Å². The standard InChI is InChI=1S/C12H13F2NO2/c1-6-2-8(13)10(9(14)3-6)12(11(16)17)4-7(15)5-12/h2-3,7H,4-5,15H2,1H3,(H,16,17). The van der Waals surface area contributed by atoms with Crippen LogP contribution in [0, 0.1) is 18.6 Å². The summed E-state index contributed by atoms with van der Waals surface area (Å²) in [5.41, 5.74) is 4.11. The number of hydrogen-bond donors (Lipinski definition) is 2. The van der Waals surface area contributed by atoms with E-state index in [0.717, 1.165) is 12.1 Å². The summed E-state index contributed by atoms with van der Waals surface area (Å²) in [6.07, 6.45) is 0.137. The normalized spacial score (nSPS) is 27.6. The number of nitrogens with two attached hydrogens (primary N) is 1. The number of aliphatic carboxylic acids is 1. The molecule has 92 valence electrons. The van der Waals surface area contributed by atoms with Crippen molar-refractivity contribution >= 4 is 5.97 Å². The Morgan fingerprint density at radius 2 is 1.88 bits per heavy atom. The molecule has 0 amide bonds. The van der Waals surface area contributed by atoms with Crippen LogP contribution in [0.3, 0.4) is 0 Å². The molecule has 1 fully saturated rings. The van der Waals surface area contributed by atoms with Gasteiger partial charge in [0.05, 0.1) is 0 Å². The molecule has 0 aromatic heterocycles. The summed E-state index contributed by atoms with van der Waals surface area (Å²) in [6.45, 7) is 1.55. The summed E-state index contributed by atoms with van der Waals surface area (Å²) in [6, 6.07) is 1.98. The number of halogens is 2. The van der Waals surface area contributed by atoms with Crippen LogP contribution < -0.4 is 5.73 Å². The molecule has 3 N–H and O–H groups in total. The lowest BCUT2D eigenvalue weighted by molar-refractivity contribution is -0.148. The Labute approximate surface area is 97.2 Å². The van der Waals surface area contributed by atoms with Crippen LogP contribution in [0.5, 0.6) is 0 Å². The minimum absolute atomic E-state index is 0.0687. The van der Waals surface area contributed by atoms with Crippen molar-refractivity contribution in [3.05, 3.63) is 34.9 Å². The number of carbonyl (C=O) groups is 1. The molecule has 0 heterocycles. The van der Waals surface area contributed by atoms with E-state index in [-0.39, 0.29) is 24.4 Å². The maximum atomic E-state index is 13.8. The van der Waals surface area contributed by atoms with Crippen LogP contribution in [-0.2, 0) is 10.2 Å². The predicted octanol–water partition coefficient (Wildman–Crippen LogP) is 1.72. The van der Waals surface area contributed by atoms with E-state index >= 15 is 0 Å². The fourth-order valence-electron chi connectivity index (χ4n) is 2.48. The quantitative estimate of drug-likeness (QED) is 0.828. The Morgan fingerprint density at radius 1 is 1.41 bits per heavy atom. The number of hydrogen-bond acceptors (Lipinski definition) is 2. The molecular formula is C12H13F2NO2. The highest BCUT2D eigenvalue weighted by Crippen LogP contribution is 2.45. The Balaban J connectivity index is 2.56. The second kappa shape index (κ2) is 3.77. The smallest absolute Gasteiger partial charge is 0.314 e. The molecule has 1 aliphatic carbocycles. The molecular weight excluding hydrogens is 228 g/mol. The van der Waals surface area contributed by atoms with Crippen LogP contribution in [0.25, 0.3) is 0 Å². The summed E-state index contributed by atoms with van der Waals surface area (Å²) < 4.78 is 27.5. The molecule has 0 unspecified atom stereocenters. The van der Waals surface area contributed by atoms with Gasteiger partial charge >= 0.3 is 5.97 Å². The van der Waals surface area contributed by atoms with Crippen molar-refractivity contribution in [2.45, 2.75) is 31.2 Å². The lowest BCUT2D eigenvalue weighted by Crippen LogP contribution is -2.55. The minimum atomic E-state index is -1.50. The second-order valence-electron chi connectivity index (χ2n) is 4.66. The first-order chi connectivity index (χ1) is 7.86. The van der Waals surface area contributed by atoms with Crippen molar-refractivity contribution in [1.29, 1.82) is 0 Å². The molecule has 0 aliphatic heterocycles. The van der Waals surface area contributed by atoms with Gasteiger partial charge in [-0.05, 0) is 37.5 Å². The van der Waals surface area contributed by atoms with Gasteiger partial charge in [0.15, 0.2) is 0 Å². The van der Waals surface area contributed by atoms with E-state index in [1.165, 1.54) is 0 Å². The molecule has 1 aromatic carbocycles. The van der Waals surface area contributed by atoms with Crippen molar-refractivity contribution in [1.82, 2.24) is 0 Å². The molecule has 3 nitrogen and oxygen atoms in total. The van der Waals surface area contributed by atoms with Crippen LogP contribution in [0.4, 0.5) is 8.78 Å². The van der Waals surface area contributed by atoms with Gasteiger partial charge in [-0.3, -0.25) is 4.79 Å². The van der Waals surface area contributed by atoms with Gasteiger partial charge in [-0.1, -0.05) is 0 Å². The zero-order valence-electron chi connectivity index (χ0n) is 9.34. The molecule has 0 atom stereocenters. The van der Waals surface area contributed by atoms with E-state index in [0.29, 0.717) is 5.56 Å². The molecule has 0 radical (unpaired) electrons. The Kier molecular flexibility index (Phi) is 2.66. The van der Waals surface area contributed by atoms with E-state index in [2.05, 4.69) is 0 Å². The topological polar surface area (TPSA) is 63.3 Å². The van der Waals surface area contributed by atoms with E-state index < -0.39 is 23.0 Å². The number of aryl methyl sites for hydroxylation is 1. The Hall–Kier alpha value is -1.49. The van der Waals surface area contributed by atoms with Crippen molar-refractivity contribution in [2.24, 2.45) is 5.73 Å². The average molecular weight is 241 g/mol. The van der Waals surface area contributed by atoms with Gasteiger partial charge in [0.1, 0.15) is 17.0 Å².